The van der Waals surface area contributed by atoms with Gasteiger partial charge < -0.3 is 19.7 Å². The zero-order valence-corrected chi connectivity index (χ0v) is 10.4. The Morgan fingerprint density at radius 3 is 2.83 bits per heavy atom. The number of nitrogens with zero attached hydrogens (tertiary/aromatic N) is 3. The fraction of sp³-hybridized carbons (Fsp3) is 0.700. The third-order valence-corrected chi connectivity index (χ3v) is 2.29. The van der Waals surface area contributed by atoms with Gasteiger partial charge in [-0.1, -0.05) is 5.21 Å². The van der Waals surface area contributed by atoms with Crippen LogP contribution in [0.25, 0.3) is 0 Å². The third kappa shape index (κ3) is 3.76. The molecular weight excluding hydrogens is 242 g/mol. The second kappa shape index (κ2) is 7.04. The van der Waals surface area contributed by atoms with Crippen molar-refractivity contribution in [2.24, 2.45) is 0 Å². The molecule has 0 fully saturated rings. The van der Waals surface area contributed by atoms with Crippen LogP contribution in [0.4, 0.5) is 0 Å². The Hall–Kier alpha value is -1.51. The molecule has 8 nitrogen and oxygen atoms in total. The maximum absolute atomic E-state index is 11.6. The summed E-state index contributed by atoms with van der Waals surface area (Å²) in [5.74, 6) is -0.589. The first-order valence-electron chi connectivity index (χ1n) is 5.45. The number of rotatable bonds is 7. The van der Waals surface area contributed by atoms with Crippen molar-refractivity contribution in [1.82, 2.24) is 15.0 Å². The minimum Gasteiger partial charge on any atom is -0.458 e. The first-order chi connectivity index (χ1) is 8.60. The normalized spacial score (nSPS) is 12.4. The van der Waals surface area contributed by atoms with Gasteiger partial charge in [0.25, 0.3) is 0 Å². The highest BCUT2D eigenvalue weighted by Crippen LogP contribution is 2.06. The van der Waals surface area contributed by atoms with Gasteiger partial charge in [-0.15, -0.1) is 5.10 Å². The van der Waals surface area contributed by atoms with Crippen LogP contribution in [0, 0.1) is 6.92 Å². The number of hydrogen-bond donors (Lipinski definition) is 2. The highest BCUT2D eigenvalue weighted by molar-refractivity contribution is 5.88. The number of ether oxygens (including phenoxy) is 2. The Bertz CT molecular complexity index is 393. The number of carbonyl (C=O) groups excluding carboxylic acids is 1. The SMILES string of the molecule is COCCOC(=O)c1nnn(CC(O)CO)c1C. The molecule has 0 amide bonds. The molecule has 18 heavy (non-hydrogen) atoms. The summed E-state index contributed by atoms with van der Waals surface area (Å²) in [5, 5.41) is 25.4. The van der Waals surface area contributed by atoms with Crippen molar-refractivity contribution >= 4 is 5.97 Å². The number of esters is 1. The second-order valence-electron chi connectivity index (χ2n) is 3.67. The molecule has 0 radical (unpaired) electrons. The average Bonchev–Trinajstić information content (AvgIpc) is 2.71. The van der Waals surface area contributed by atoms with Crippen LogP contribution in [0.15, 0.2) is 0 Å². The molecule has 0 aliphatic heterocycles. The van der Waals surface area contributed by atoms with E-state index in [1.807, 2.05) is 0 Å². The highest BCUT2D eigenvalue weighted by atomic mass is 16.6. The third-order valence-electron chi connectivity index (χ3n) is 2.29. The number of aromatic nitrogens is 3. The van der Waals surface area contributed by atoms with Crippen LogP contribution in [0.3, 0.4) is 0 Å². The van der Waals surface area contributed by atoms with E-state index < -0.39 is 12.1 Å². The maximum Gasteiger partial charge on any atom is 0.360 e. The molecule has 102 valence electrons. The van der Waals surface area contributed by atoms with Gasteiger partial charge in [-0.25, -0.2) is 9.48 Å². The molecule has 0 bridgehead atoms. The number of aliphatic hydroxyl groups is 2. The Balaban J connectivity index is 2.64. The predicted molar refractivity (Wildman–Crippen MR) is 60.0 cm³/mol. The van der Waals surface area contributed by atoms with Gasteiger partial charge in [0, 0.05) is 7.11 Å². The summed E-state index contributed by atoms with van der Waals surface area (Å²) >= 11 is 0. The van der Waals surface area contributed by atoms with Crippen LogP contribution in [0.5, 0.6) is 0 Å². The predicted octanol–water partition coefficient (Wildman–Crippen LogP) is -1.26. The van der Waals surface area contributed by atoms with Gasteiger partial charge in [0.2, 0.25) is 0 Å². The fourth-order valence-corrected chi connectivity index (χ4v) is 1.27. The second-order valence-corrected chi connectivity index (χ2v) is 3.67. The molecule has 0 aliphatic rings. The van der Waals surface area contributed by atoms with Crippen LogP contribution in [0.2, 0.25) is 0 Å². The minimum atomic E-state index is -0.942. The summed E-state index contributed by atoms with van der Waals surface area (Å²) in [6.45, 7) is 1.77. The van der Waals surface area contributed by atoms with Gasteiger partial charge >= 0.3 is 5.97 Å². The van der Waals surface area contributed by atoms with Crippen molar-refractivity contribution < 1.29 is 24.5 Å². The molecule has 1 aromatic heterocycles. The van der Waals surface area contributed by atoms with Crippen molar-refractivity contribution in [2.45, 2.75) is 19.6 Å². The van der Waals surface area contributed by atoms with E-state index in [-0.39, 0.29) is 25.5 Å². The zero-order chi connectivity index (χ0) is 13.5. The van der Waals surface area contributed by atoms with E-state index >= 15 is 0 Å². The Morgan fingerprint density at radius 2 is 2.22 bits per heavy atom. The van der Waals surface area contributed by atoms with Crippen molar-refractivity contribution in [3.8, 4) is 0 Å². The quantitative estimate of drug-likeness (QED) is 0.465. The standard InChI is InChI=1S/C10H17N3O5/c1-7-9(10(16)18-4-3-17-2)11-12-13(7)5-8(15)6-14/h8,14-15H,3-6H2,1-2H3. The molecule has 1 unspecified atom stereocenters. The summed E-state index contributed by atoms with van der Waals surface area (Å²) in [6, 6.07) is 0. The lowest BCUT2D eigenvalue weighted by atomic mass is 10.3. The van der Waals surface area contributed by atoms with Crippen LogP contribution >= 0.6 is 0 Å². The minimum absolute atomic E-state index is 0.0701. The monoisotopic (exact) mass is 259 g/mol. The van der Waals surface area contributed by atoms with E-state index in [0.29, 0.717) is 12.3 Å². The number of aliphatic hydroxyl groups excluding tert-OH is 2. The number of methoxy groups -OCH3 is 1. The Morgan fingerprint density at radius 1 is 1.50 bits per heavy atom. The van der Waals surface area contributed by atoms with E-state index in [0.717, 1.165) is 0 Å². The van der Waals surface area contributed by atoms with Crippen LogP contribution in [-0.2, 0) is 16.0 Å². The van der Waals surface area contributed by atoms with Gasteiger partial charge in [0.1, 0.15) is 6.61 Å². The molecular formula is C10H17N3O5. The average molecular weight is 259 g/mol. The van der Waals surface area contributed by atoms with Crippen molar-refractivity contribution in [1.29, 1.82) is 0 Å². The molecule has 1 heterocycles. The summed E-state index contributed by atoms with van der Waals surface area (Å²) in [5.41, 5.74) is 0.571. The molecule has 0 saturated heterocycles. The summed E-state index contributed by atoms with van der Waals surface area (Å²) < 4.78 is 11.0. The van der Waals surface area contributed by atoms with Gasteiger partial charge in [-0.3, -0.25) is 0 Å². The number of carbonyl (C=O) groups is 1. The van der Waals surface area contributed by atoms with Gasteiger partial charge in [0.15, 0.2) is 5.69 Å². The largest absolute Gasteiger partial charge is 0.458 e. The molecule has 0 saturated carbocycles. The lowest BCUT2D eigenvalue weighted by Crippen LogP contribution is -2.21. The lowest BCUT2D eigenvalue weighted by molar-refractivity contribution is 0.0380. The molecule has 2 N–H and O–H groups in total. The van der Waals surface area contributed by atoms with E-state index in [2.05, 4.69) is 10.3 Å². The first kappa shape index (κ1) is 14.6. The van der Waals surface area contributed by atoms with E-state index in [4.69, 9.17) is 14.6 Å². The van der Waals surface area contributed by atoms with E-state index in [1.54, 1.807) is 6.92 Å². The fourth-order valence-electron chi connectivity index (χ4n) is 1.27. The maximum atomic E-state index is 11.6. The van der Waals surface area contributed by atoms with Crippen molar-refractivity contribution in [2.75, 3.05) is 26.9 Å². The van der Waals surface area contributed by atoms with Crippen molar-refractivity contribution in [3.63, 3.8) is 0 Å². The molecule has 0 spiro atoms. The van der Waals surface area contributed by atoms with Crippen molar-refractivity contribution in [3.05, 3.63) is 11.4 Å². The highest BCUT2D eigenvalue weighted by Gasteiger charge is 2.18. The molecule has 1 rings (SSSR count). The van der Waals surface area contributed by atoms with Gasteiger partial charge in [-0.2, -0.15) is 0 Å². The smallest absolute Gasteiger partial charge is 0.360 e. The molecule has 0 aromatic carbocycles. The molecule has 8 heteroatoms. The topological polar surface area (TPSA) is 107 Å². The van der Waals surface area contributed by atoms with Crippen LogP contribution < -0.4 is 0 Å². The Kier molecular flexibility index (Phi) is 5.69. The zero-order valence-electron chi connectivity index (χ0n) is 10.4. The first-order valence-corrected chi connectivity index (χ1v) is 5.45. The summed E-state index contributed by atoms with van der Waals surface area (Å²) in [6.07, 6.45) is -0.942. The number of hydrogen-bond acceptors (Lipinski definition) is 7. The van der Waals surface area contributed by atoms with Crippen LogP contribution in [-0.4, -0.2) is 64.2 Å². The summed E-state index contributed by atoms with van der Waals surface area (Å²) in [4.78, 5) is 11.6. The van der Waals surface area contributed by atoms with Gasteiger partial charge in [-0.05, 0) is 6.92 Å². The van der Waals surface area contributed by atoms with Gasteiger partial charge in [0.05, 0.1) is 31.6 Å². The van der Waals surface area contributed by atoms with E-state index in [9.17, 15) is 9.90 Å². The Labute approximate surface area is 104 Å². The molecule has 1 aromatic rings. The lowest BCUT2D eigenvalue weighted by Gasteiger charge is -2.08. The van der Waals surface area contributed by atoms with E-state index in [1.165, 1.54) is 11.8 Å². The summed E-state index contributed by atoms with van der Waals surface area (Å²) in [7, 11) is 1.51. The molecule has 0 aliphatic carbocycles. The van der Waals surface area contributed by atoms with Crippen LogP contribution in [0.1, 0.15) is 16.2 Å². The molecule has 1 atom stereocenters.